The molecule has 9 heavy (non-hydrogen) atoms. The Hall–Kier alpha value is -1.07. The molecule has 1 heterocycles. The lowest BCUT2D eigenvalue weighted by molar-refractivity contribution is -0.221. The number of carbonyl (C=O) groups is 1. The van der Waals surface area contributed by atoms with Crippen molar-refractivity contribution in [2.24, 2.45) is 5.84 Å². The normalized spacial score (nSPS) is 16.3. The molecule has 0 aliphatic carbocycles. The average Bonchev–Trinajstić information content (AvgIpc) is 2.37. The van der Waals surface area contributed by atoms with Crippen molar-refractivity contribution in [3.63, 3.8) is 0 Å². The molecule has 0 radical (unpaired) electrons. The summed E-state index contributed by atoms with van der Waals surface area (Å²) in [6, 6.07) is 0. The zero-order valence-corrected chi connectivity index (χ0v) is 4.59. The molecule has 1 amide bonds. The number of hydrogen-bond acceptors (Lipinski definition) is 4. The van der Waals surface area contributed by atoms with E-state index in [-0.39, 0.29) is 12.5 Å². The molecule has 1 rings (SSSR count). The molecule has 1 aliphatic heterocycles. The summed E-state index contributed by atoms with van der Waals surface area (Å²) in [4.78, 5) is 19.2. The number of amides is 1. The summed E-state index contributed by atoms with van der Waals surface area (Å²) in [7, 11) is 0. The topological polar surface area (TPSA) is 73.6 Å². The first-order valence-electron chi connectivity index (χ1n) is 2.33. The van der Waals surface area contributed by atoms with Crippen molar-refractivity contribution in [2.75, 3.05) is 6.61 Å². The fourth-order valence-electron chi connectivity index (χ4n) is 0.435. The van der Waals surface area contributed by atoms with Crippen molar-refractivity contribution in [3.8, 4) is 0 Å². The Kier molecular flexibility index (Phi) is 1.66. The van der Waals surface area contributed by atoms with E-state index in [4.69, 9.17) is 5.84 Å². The van der Waals surface area contributed by atoms with Gasteiger partial charge in [-0.1, -0.05) is 0 Å². The van der Waals surface area contributed by atoms with Gasteiger partial charge in [-0.2, -0.15) is 4.89 Å². The number of nitrogens with two attached hydrogens (primary N) is 1. The second-order valence-corrected chi connectivity index (χ2v) is 1.47. The molecule has 0 fully saturated rings. The van der Waals surface area contributed by atoms with E-state index in [0.29, 0.717) is 5.57 Å². The summed E-state index contributed by atoms with van der Waals surface area (Å²) >= 11 is 0. The quantitative estimate of drug-likeness (QED) is 0.203. The van der Waals surface area contributed by atoms with Crippen LogP contribution in [0, 0.1) is 0 Å². The van der Waals surface area contributed by atoms with Gasteiger partial charge in [0.2, 0.25) is 0 Å². The maximum atomic E-state index is 10.5. The molecule has 5 heteroatoms. The summed E-state index contributed by atoms with van der Waals surface area (Å²) in [5, 5.41) is 0. The van der Waals surface area contributed by atoms with Crippen LogP contribution in [0.15, 0.2) is 11.8 Å². The Morgan fingerprint density at radius 1 is 1.89 bits per heavy atom. The summed E-state index contributed by atoms with van der Waals surface area (Å²) in [6.45, 7) is 0.156. The van der Waals surface area contributed by atoms with Gasteiger partial charge in [0, 0.05) is 0 Å². The standard InChI is InChI=1S/C4H6N2O3/c5-6-4(7)3-1-8-9-2-3/h1H,2,5H2,(H,6,7). The first-order chi connectivity index (χ1) is 4.34. The summed E-state index contributed by atoms with van der Waals surface area (Å²) in [5.41, 5.74) is 2.33. The minimum absolute atomic E-state index is 0.156. The van der Waals surface area contributed by atoms with Gasteiger partial charge in [0.25, 0.3) is 5.91 Å². The van der Waals surface area contributed by atoms with Crippen molar-refractivity contribution >= 4 is 5.91 Å². The molecule has 0 aromatic rings. The highest BCUT2D eigenvalue weighted by molar-refractivity contribution is 5.93. The third kappa shape index (κ3) is 1.18. The van der Waals surface area contributed by atoms with Crippen molar-refractivity contribution in [3.05, 3.63) is 11.8 Å². The largest absolute Gasteiger partial charge is 0.345 e. The maximum Gasteiger partial charge on any atom is 0.266 e. The lowest BCUT2D eigenvalue weighted by Crippen LogP contribution is -2.31. The molecule has 3 N–H and O–H groups in total. The number of hydrazine groups is 1. The van der Waals surface area contributed by atoms with E-state index in [9.17, 15) is 4.79 Å². The van der Waals surface area contributed by atoms with Crippen molar-refractivity contribution in [1.29, 1.82) is 0 Å². The molecule has 5 nitrogen and oxygen atoms in total. The average molecular weight is 130 g/mol. The Balaban J connectivity index is 2.51. The highest BCUT2D eigenvalue weighted by atomic mass is 17.2. The molecular weight excluding hydrogens is 124 g/mol. The minimum atomic E-state index is -0.382. The molecule has 50 valence electrons. The minimum Gasteiger partial charge on any atom is -0.345 e. The zero-order valence-electron chi connectivity index (χ0n) is 4.59. The predicted octanol–water partition coefficient (Wildman–Crippen LogP) is -1.18. The Bertz CT molecular complexity index is 154. The number of carbonyl (C=O) groups excluding carboxylic acids is 1. The van der Waals surface area contributed by atoms with Gasteiger partial charge in [-0.05, 0) is 0 Å². The molecule has 0 spiro atoms. The van der Waals surface area contributed by atoms with E-state index in [1.54, 1.807) is 0 Å². The van der Waals surface area contributed by atoms with E-state index in [2.05, 4.69) is 9.78 Å². The second-order valence-electron chi connectivity index (χ2n) is 1.47. The smallest absolute Gasteiger partial charge is 0.266 e. The van der Waals surface area contributed by atoms with Gasteiger partial charge in [-0.3, -0.25) is 10.2 Å². The van der Waals surface area contributed by atoms with E-state index in [0.717, 1.165) is 0 Å². The molecule has 1 aliphatic rings. The van der Waals surface area contributed by atoms with Gasteiger partial charge in [0.1, 0.15) is 12.9 Å². The van der Waals surface area contributed by atoms with Crippen LogP contribution < -0.4 is 11.3 Å². The van der Waals surface area contributed by atoms with Crippen LogP contribution in [0.3, 0.4) is 0 Å². The molecule has 0 bridgehead atoms. The van der Waals surface area contributed by atoms with Crippen molar-refractivity contribution in [2.45, 2.75) is 0 Å². The molecule has 0 unspecified atom stereocenters. The van der Waals surface area contributed by atoms with Gasteiger partial charge < -0.3 is 4.89 Å². The number of rotatable bonds is 1. The molecule has 0 aromatic carbocycles. The molecule has 0 atom stereocenters. The lowest BCUT2D eigenvalue weighted by Gasteiger charge is -1.92. The number of hydrogen-bond donors (Lipinski definition) is 2. The van der Waals surface area contributed by atoms with E-state index >= 15 is 0 Å². The van der Waals surface area contributed by atoms with E-state index in [1.165, 1.54) is 6.26 Å². The van der Waals surface area contributed by atoms with Crippen molar-refractivity contribution in [1.82, 2.24) is 5.43 Å². The van der Waals surface area contributed by atoms with Crippen molar-refractivity contribution < 1.29 is 14.6 Å². The van der Waals surface area contributed by atoms with E-state index in [1.807, 2.05) is 5.43 Å². The van der Waals surface area contributed by atoms with Crippen LogP contribution >= 0.6 is 0 Å². The van der Waals surface area contributed by atoms with E-state index < -0.39 is 0 Å². The van der Waals surface area contributed by atoms with Gasteiger partial charge in [0.15, 0.2) is 0 Å². The Morgan fingerprint density at radius 3 is 3.11 bits per heavy atom. The maximum absolute atomic E-state index is 10.5. The molecule has 0 aromatic heterocycles. The third-order valence-electron chi connectivity index (χ3n) is 0.896. The van der Waals surface area contributed by atoms with Crippen LogP contribution in [0.5, 0.6) is 0 Å². The monoisotopic (exact) mass is 130 g/mol. The van der Waals surface area contributed by atoms with Crippen LogP contribution in [-0.4, -0.2) is 12.5 Å². The Morgan fingerprint density at radius 2 is 2.67 bits per heavy atom. The van der Waals surface area contributed by atoms with Gasteiger partial charge in [-0.25, -0.2) is 5.84 Å². The predicted molar refractivity (Wildman–Crippen MR) is 27.5 cm³/mol. The van der Waals surface area contributed by atoms with Crippen LogP contribution in [0.25, 0.3) is 0 Å². The van der Waals surface area contributed by atoms with Crippen LogP contribution in [0.1, 0.15) is 0 Å². The molecular formula is C4H6N2O3. The highest BCUT2D eigenvalue weighted by Crippen LogP contribution is 2.03. The first kappa shape index (κ1) is 6.06. The fraction of sp³-hybridized carbons (Fsp3) is 0.250. The number of nitrogens with one attached hydrogen (secondary N) is 1. The van der Waals surface area contributed by atoms with Crippen LogP contribution in [0.4, 0.5) is 0 Å². The van der Waals surface area contributed by atoms with Gasteiger partial charge in [0.05, 0.1) is 5.57 Å². The van der Waals surface area contributed by atoms with Crippen LogP contribution in [-0.2, 0) is 14.6 Å². The fourth-order valence-corrected chi connectivity index (χ4v) is 0.435. The van der Waals surface area contributed by atoms with Gasteiger partial charge in [-0.15, -0.1) is 0 Å². The SMILES string of the molecule is NNC(=O)C1=COOC1. The highest BCUT2D eigenvalue weighted by Gasteiger charge is 2.13. The first-order valence-corrected chi connectivity index (χ1v) is 2.33. The third-order valence-corrected chi connectivity index (χ3v) is 0.896. The molecule has 0 saturated carbocycles. The summed E-state index contributed by atoms with van der Waals surface area (Å²) < 4.78 is 0. The second kappa shape index (κ2) is 2.47. The van der Waals surface area contributed by atoms with Gasteiger partial charge >= 0.3 is 0 Å². The zero-order chi connectivity index (χ0) is 6.69. The summed E-state index contributed by atoms with van der Waals surface area (Å²) in [6.07, 6.45) is 1.21. The Labute approximate surface area is 51.3 Å². The summed E-state index contributed by atoms with van der Waals surface area (Å²) in [5.74, 6) is 4.42. The lowest BCUT2D eigenvalue weighted by atomic mass is 10.3. The molecule has 0 saturated heterocycles. The van der Waals surface area contributed by atoms with Crippen LogP contribution in [0.2, 0.25) is 0 Å².